The first-order valence-electron chi connectivity index (χ1n) is 16.2. The number of rotatable bonds is 3. The van der Waals surface area contributed by atoms with Crippen molar-refractivity contribution in [1.29, 1.82) is 10.5 Å². The molecule has 0 aliphatic carbocycles. The second-order valence-electron chi connectivity index (χ2n) is 12.4. The van der Waals surface area contributed by atoms with Gasteiger partial charge in [-0.1, -0.05) is 91.0 Å². The van der Waals surface area contributed by atoms with Crippen LogP contribution in [0, 0.1) is 22.7 Å². The van der Waals surface area contributed by atoms with E-state index >= 15 is 0 Å². The Balaban J connectivity index is 1.36. The van der Waals surface area contributed by atoms with Crippen LogP contribution in [0.5, 0.6) is 0 Å². The van der Waals surface area contributed by atoms with E-state index in [1.807, 2.05) is 48.5 Å². The fourth-order valence-corrected chi connectivity index (χ4v) is 7.91. The minimum absolute atomic E-state index is 0.444. The second kappa shape index (κ2) is 10.2. The molecule has 0 atom stereocenters. The van der Waals surface area contributed by atoms with Crippen molar-refractivity contribution >= 4 is 65.4 Å². The van der Waals surface area contributed by atoms with Crippen LogP contribution in [0.3, 0.4) is 0 Å². The predicted octanol–water partition coefficient (Wildman–Crippen LogP) is 10.7. The van der Waals surface area contributed by atoms with E-state index in [1.54, 1.807) is 0 Å². The summed E-state index contributed by atoms with van der Waals surface area (Å²) in [5.41, 5.74) is 9.47. The van der Waals surface area contributed by atoms with E-state index in [4.69, 9.17) is 0 Å². The molecule has 0 radical (unpaired) electrons. The third kappa shape index (κ3) is 3.67. The van der Waals surface area contributed by atoms with Crippen LogP contribution < -0.4 is 0 Å². The summed E-state index contributed by atoms with van der Waals surface area (Å²) in [5, 5.41) is 28.2. The van der Waals surface area contributed by atoms with Crippen molar-refractivity contribution in [3.63, 3.8) is 0 Å². The molecule has 0 unspecified atom stereocenters. The van der Waals surface area contributed by atoms with Gasteiger partial charge in [0.1, 0.15) is 17.7 Å². The van der Waals surface area contributed by atoms with Crippen LogP contribution in [0.15, 0.2) is 152 Å². The molecule has 0 amide bonds. The zero-order valence-electron chi connectivity index (χ0n) is 26.2. The summed E-state index contributed by atoms with van der Waals surface area (Å²) in [5.74, 6) is 0. The SMILES string of the molecule is N#Cc1ccc(-n2c3ccccc3c3cc4c(cc32)c2ccccc2n4-c2ccccc2)c(C#N)c1-n1c2ccccc2c2ccccc21. The van der Waals surface area contributed by atoms with Gasteiger partial charge >= 0.3 is 0 Å². The summed E-state index contributed by atoms with van der Waals surface area (Å²) < 4.78 is 6.62. The molecule has 0 N–H and O–H groups in total. The molecule has 0 bridgehead atoms. The summed E-state index contributed by atoms with van der Waals surface area (Å²) in [6, 6.07) is 57.1. The van der Waals surface area contributed by atoms with E-state index in [0.717, 1.165) is 76.8 Å². The van der Waals surface area contributed by atoms with Crippen LogP contribution in [-0.4, -0.2) is 13.7 Å². The molecule has 49 heavy (non-hydrogen) atoms. The Hall–Kier alpha value is -7.08. The van der Waals surface area contributed by atoms with Gasteiger partial charge in [-0.2, -0.15) is 10.5 Å². The van der Waals surface area contributed by atoms with Gasteiger partial charge in [-0.3, -0.25) is 0 Å². The maximum atomic E-state index is 11.1. The normalized spacial score (nSPS) is 11.6. The number of nitriles is 2. The largest absolute Gasteiger partial charge is 0.309 e. The van der Waals surface area contributed by atoms with Crippen molar-refractivity contribution in [3.05, 3.63) is 163 Å². The third-order valence-corrected chi connectivity index (χ3v) is 9.91. The van der Waals surface area contributed by atoms with Crippen LogP contribution in [-0.2, 0) is 0 Å². The highest BCUT2D eigenvalue weighted by atomic mass is 15.0. The van der Waals surface area contributed by atoms with Gasteiger partial charge in [0.2, 0.25) is 0 Å². The molecule has 0 aliphatic heterocycles. The highest BCUT2D eigenvalue weighted by Crippen LogP contribution is 2.42. The number of benzene rings is 7. The van der Waals surface area contributed by atoms with Gasteiger partial charge in [0.25, 0.3) is 0 Å². The van der Waals surface area contributed by atoms with E-state index in [2.05, 4.69) is 129 Å². The molecular weight excluding hydrogens is 599 g/mol. The Morgan fingerprint density at radius 3 is 1.35 bits per heavy atom. The molecule has 226 valence electrons. The second-order valence-corrected chi connectivity index (χ2v) is 12.4. The number of para-hydroxylation sites is 5. The zero-order chi connectivity index (χ0) is 32.6. The third-order valence-electron chi connectivity index (χ3n) is 9.91. The lowest BCUT2D eigenvalue weighted by Gasteiger charge is -2.17. The fraction of sp³-hybridized carbons (Fsp3) is 0. The highest BCUT2D eigenvalue weighted by Gasteiger charge is 2.24. The lowest BCUT2D eigenvalue weighted by Crippen LogP contribution is -2.06. The van der Waals surface area contributed by atoms with Crippen molar-refractivity contribution < 1.29 is 0 Å². The molecule has 5 heteroatoms. The fourth-order valence-electron chi connectivity index (χ4n) is 7.91. The first-order valence-corrected chi connectivity index (χ1v) is 16.2. The van der Waals surface area contributed by atoms with E-state index in [-0.39, 0.29) is 0 Å². The smallest absolute Gasteiger partial charge is 0.104 e. The summed E-state index contributed by atoms with van der Waals surface area (Å²) in [4.78, 5) is 0. The average molecular weight is 624 g/mol. The predicted molar refractivity (Wildman–Crippen MR) is 199 cm³/mol. The molecule has 0 fully saturated rings. The van der Waals surface area contributed by atoms with Gasteiger partial charge in [-0.25, -0.2) is 0 Å². The average Bonchev–Trinajstić information content (AvgIpc) is 3.79. The Morgan fingerprint density at radius 1 is 0.367 bits per heavy atom. The molecule has 7 aromatic carbocycles. The van der Waals surface area contributed by atoms with Crippen LogP contribution >= 0.6 is 0 Å². The lowest BCUT2D eigenvalue weighted by molar-refractivity contribution is 1.11. The maximum Gasteiger partial charge on any atom is 0.104 e. The topological polar surface area (TPSA) is 62.4 Å². The molecule has 0 saturated heterocycles. The highest BCUT2D eigenvalue weighted by molar-refractivity contribution is 6.19. The van der Waals surface area contributed by atoms with Gasteiger partial charge < -0.3 is 13.7 Å². The number of hydrogen-bond donors (Lipinski definition) is 0. The van der Waals surface area contributed by atoms with Crippen molar-refractivity contribution in [2.24, 2.45) is 0 Å². The standard InChI is InChI=1S/C44H25N5/c45-26-28-22-23-41(36(27-46)44(28)49-39-20-10-4-14-30(39)31-15-5-11-21-40(31)49)48-38-19-9-7-17-33(38)35-24-42-34(25-43(35)48)32-16-6-8-18-37(32)47(42)29-12-2-1-3-13-29/h1-25H. The van der Waals surface area contributed by atoms with Gasteiger partial charge in [0.15, 0.2) is 0 Å². The van der Waals surface area contributed by atoms with E-state index < -0.39 is 0 Å². The van der Waals surface area contributed by atoms with Gasteiger partial charge in [-0.15, -0.1) is 0 Å². The lowest BCUT2D eigenvalue weighted by atomic mass is 10.0. The van der Waals surface area contributed by atoms with Gasteiger partial charge in [0.05, 0.1) is 50.0 Å². The quantitative estimate of drug-likeness (QED) is 0.197. The summed E-state index contributed by atoms with van der Waals surface area (Å²) in [7, 11) is 0. The van der Waals surface area contributed by atoms with Crippen LogP contribution in [0.25, 0.3) is 82.5 Å². The summed E-state index contributed by atoms with van der Waals surface area (Å²) in [6.45, 7) is 0. The molecular formula is C44H25N5. The Bertz CT molecular complexity index is 3020. The van der Waals surface area contributed by atoms with E-state index in [9.17, 15) is 10.5 Å². The van der Waals surface area contributed by atoms with Crippen LogP contribution in [0.2, 0.25) is 0 Å². The Labute approximate surface area is 280 Å². The van der Waals surface area contributed by atoms with Crippen LogP contribution in [0.4, 0.5) is 0 Å². The molecule has 0 saturated carbocycles. The number of hydrogen-bond acceptors (Lipinski definition) is 2. The van der Waals surface area contributed by atoms with Crippen molar-refractivity contribution in [1.82, 2.24) is 13.7 Å². The summed E-state index contributed by atoms with van der Waals surface area (Å²) >= 11 is 0. The molecule has 0 aliphatic rings. The van der Waals surface area contributed by atoms with Gasteiger partial charge in [-0.05, 0) is 60.7 Å². The van der Waals surface area contributed by atoms with Gasteiger partial charge in [0, 0.05) is 38.0 Å². The first-order chi connectivity index (χ1) is 24.3. The van der Waals surface area contributed by atoms with E-state index in [0.29, 0.717) is 16.8 Å². The maximum absolute atomic E-state index is 11.1. The first kappa shape index (κ1) is 27.1. The summed E-state index contributed by atoms with van der Waals surface area (Å²) in [6.07, 6.45) is 0. The molecule has 3 heterocycles. The van der Waals surface area contributed by atoms with E-state index in [1.165, 1.54) is 0 Å². The number of aromatic nitrogens is 3. The molecule has 10 aromatic rings. The Kier molecular flexibility index (Phi) is 5.64. The molecule has 3 aromatic heterocycles. The zero-order valence-corrected chi connectivity index (χ0v) is 26.2. The Morgan fingerprint density at radius 2 is 0.816 bits per heavy atom. The van der Waals surface area contributed by atoms with Crippen molar-refractivity contribution in [2.45, 2.75) is 0 Å². The molecule has 10 rings (SSSR count). The molecule has 5 nitrogen and oxygen atoms in total. The molecule has 0 spiro atoms. The van der Waals surface area contributed by atoms with Crippen molar-refractivity contribution in [2.75, 3.05) is 0 Å². The number of fused-ring (bicyclic) bond motifs is 9. The monoisotopic (exact) mass is 623 g/mol. The minimum Gasteiger partial charge on any atom is -0.309 e. The van der Waals surface area contributed by atoms with Crippen LogP contribution in [0.1, 0.15) is 11.1 Å². The number of nitrogens with zero attached hydrogens (tertiary/aromatic N) is 5. The minimum atomic E-state index is 0.444. The van der Waals surface area contributed by atoms with Crippen molar-refractivity contribution in [3.8, 4) is 29.2 Å².